The molecule has 1 N–H and O–H groups in total. The van der Waals surface area contributed by atoms with E-state index in [2.05, 4.69) is 41.3 Å². The zero-order valence-corrected chi connectivity index (χ0v) is 14.9. The third kappa shape index (κ3) is 5.29. The Morgan fingerprint density at radius 2 is 2.09 bits per heavy atom. The highest BCUT2D eigenvalue weighted by atomic mass is 32.1. The molecule has 0 saturated carbocycles. The van der Waals surface area contributed by atoms with Gasteiger partial charge in [0, 0.05) is 43.6 Å². The Hall–Kier alpha value is -1.07. The maximum absolute atomic E-state index is 5.43. The van der Waals surface area contributed by atoms with Crippen LogP contribution in [0.25, 0.3) is 0 Å². The van der Waals surface area contributed by atoms with E-state index in [1.54, 1.807) is 0 Å². The molecule has 4 nitrogen and oxygen atoms in total. The molecule has 124 valence electrons. The first-order chi connectivity index (χ1) is 10.7. The lowest BCUT2D eigenvalue weighted by atomic mass is 9.96. The summed E-state index contributed by atoms with van der Waals surface area (Å²) in [6.07, 6.45) is 4.74. The molecule has 1 aromatic rings. The molecular formula is C17H29N3OS. The van der Waals surface area contributed by atoms with Gasteiger partial charge in [-0.15, -0.1) is 11.3 Å². The van der Waals surface area contributed by atoms with Crippen molar-refractivity contribution in [2.24, 2.45) is 10.9 Å². The van der Waals surface area contributed by atoms with Crippen LogP contribution in [0.4, 0.5) is 0 Å². The molecule has 2 heterocycles. The Bertz CT molecular complexity index is 466. The summed E-state index contributed by atoms with van der Waals surface area (Å²) in [4.78, 5) is 9.46. The molecule has 1 aromatic heterocycles. The van der Waals surface area contributed by atoms with Gasteiger partial charge in [0.25, 0.3) is 0 Å². The summed E-state index contributed by atoms with van der Waals surface area (Å²) in [5, 5.41) is 3.47. The van der Waals surface area contributed by atoms with Crippen LogP contribution in [0.1, 0.15) is 35.9 Å². The summed E-state index contributed by atoms with van der Waals surface area (Å²) < 4.78 is 5.43. The van der Waals surface area contributed by atoms with Gasteiger partial charge in [-0.25, -0.2) is 0 Å². The minimum absolute atomic E-state index is 0.804. The summed E-state index contributed by atoms with van der Waals surface area (Å²) in [7, 11) is 3.99. The number of hydrogen-bond acceptors (Lipinski definition) is 3. The van der Waals surface area contributed by atoms with E-state index in [1.165, 1.54) is 29.0 Å². The molecule has 0 atom stereocenters. The number of nitrogens with one attached hydrogen (secondary N) is 1. The van der Waals surface area contributed by atoms with Gasteiger partial charge in [-0.05, 0) is 43.7 Å². The van der Waals surface area contributed by atoms with Crippen LogP contribution in [0, 0.1) is 5.92 Å². The fourth-order valence-electron chi connectivity index (χ4n) is 2.78. The lowest BCUT2D eigenvalue weighted by Gasteiger charge is -2.26. The summed E-state index contributed by atoms with van der Waals surface area (Å²) in [5.74, 6) is 1.79. The number of aryl methyl sites for hydroxylation is 1. The molecule has 0 aliphatic carbocycles. The van der Waals surface area contributed by atoms with Crippen molar-refractivity contribution in [1.29, 1.82) is 0 Å². The van der Waals surface area contributed by atoms with Crippen LogP contribution in [-0.4, -0.2) is 44.7 Å². The molecule has 5 heteroatoms. The number of aliphatic imine (C=N–C) groups is 1. The predicted octanol–water partition coefficient (Wildman–Crippen LogP) is 3.13. The Morgan fingerprint density at radius 1 is 1.36 bits per heavy atom. The highest BCUT2D eigenvalue weighted by molar-refractivity contribution is 7.11. The summed E-state index contributed by atoms with van der Waals surface area (Å²) in [6.45, 7) is 5.97. The van der Waals surface area contributed by atoms with Gasteiger partial charge in [0.05, 0.1) is 6.54 Å². The largest absolute Gasteiger partial charge is 0.381 e. The molecule has 0 aromatic carbocycles. The molecule has 1 aliphatic rings. The SMILES string of the molecule is CCc1ccc(CNC(=NC)N(C)CCC2CCOCC2)s1. The lowest BCUT2D eigenvalue weighted by molar-refractivity contribution is 0.0625. The van der Waals surface area contributed by atoms with Gasteiger partial charge in [0.1, 0.15) is 0 Å². The molecule has 1 aliphatic heterocycles. The molecule has 0 spiro atoms. The van der Waals surface area contributed by atoms with Gasteiger partial charge in [0.2, 0.25) is 0 Å². The maximum atomic E-state index is 5.43. The zero-order valence-electron chi connectivity index (χ0n) is 14.1. The Morgan fingerprint density at radius 3 is 2.73 bits per heavy atom. The van der Waals surface area contributed by atoms with Crippen molar-refractivity contribution in [3.63, 3.8) is 0 Å². The van der Waals surface area contributed by atoms with E-state index in [0.717, 1.165) is 44.6 Å². The summed E-state index contributed by atoms with van der Waals surface area (Å²) >= 11 is 1.88. The van der Waals surface area contributed by atoms with E-state index in [0.29, 0.717) is 0 Å². The van der Waals surface area contributed by atoms with Crippen molar-refractivity contribution in [3.8, 4) is 0 Å². The molecule has 22 heavy (non-hydrogen) atoms. The van der Waals surface area contributed by atoms with Crippen molar-refractivity contribution >= 4 is 17.3 Å². The third-order valence-corrected chi connectivity index (χ3v) is 5.50. The molecule has 0 unspecified atom stereocenters. The van der Waals surface area contributed by atoms with E-state index < -0.39 is 0 Å². The van der Waals surface area contributed by atoms with E-state index >= 15 is 0 Å². The topological polar surface area (TPSA) is 36.9 Å². The van der Waals surface area contributed by atoms with Gasteiger partial charge < -0.3 is 15.0 Å². The Balaban J connectivity index is 1.74. The second-order valence-corrected chi connectivity index (χ2v) is 7.14. The standard InChI is InChI=1S/C17H29N3OS/c1-4-15-5-6-16(22-15)13-19-17(18-2)20(3)10-7-14-8-11-21-12-9-14/h5-6,14H,4,7-13H2,1-3H3,(H,18,19). The first kappa shape index (κ1) is 17.3. The molecule has 1 saturated heterocycles. The minimum atomic E-state index is 0.804. The van der Waals surface area contributed by atoms with Crippen molar-refractivity contribution in [1.82, 2.24) is 10.2 Å². The molecule has 0 bridgehead atoms. The highest BCUT2D eigenvalue weighted by Crippen LogP contribution is 2.19. The van der Waals surface area contributed by atoms with E-state index in [-0.39, 0.29) is 0 Å². The van der Waals surface area contributed by atoms with Crippen molar-refractivity contribution in [2.45, 2.75) is 39.2 Å². The predicted molar refractivity (Wildman–Crippen MR) is 94.7 cm³/mol. The molecule has 0 amide bonds. The van der Waals surface area contributed by atoms with Crippen LogP contribution in [0.5, 0.6) is 0 Å². The number of nitrogens with zero attached hydrogens (tertiary/aromatic N) is 2. The average Bonchev–Trinajstić information content (AvgIpc) is 3.02. The van der Waals surface area contributed by atoms with E-state index in [1.807, 2.05) is 18.4 Å². The quantitative estimate of drug-likeness (QED) is 0.645. The summed E-state index contributed by atoms with van der Waals surface area (Å²) in [5.41, 5.74) is 0. The van der Waals surface area contributed by atoms with Crippen LogP contribution in [0.3, 0.4) is 0 Å². The molecular weight excluding hydrogens is 294 g/mol. The normalized spacial score (nSPS) is 16.8. The van der Waals surface area contributed by atoms with Crippen molar-refractivity contribution < 1.29 is 4.74 Å². The van der Waals surface area contributed by atoms with Crippen molar-refractivity contribution in [2.75, 3.05) is 33.9 Å². The third-order valence-electron chi connectivity index (χ3n) is 4.27. The first-order valence-electron chi connectivity index (χ1n) is 8.30. The fraction of sp³-hybridized carbons (Fsp3) is 0.706. The van der Waals surface area contributed by atoms with Crippen LogP contribution in [-0.2, 0) is 17.7 Å². The Labute approximate surface area is 138 Å². The minimum Gasteiger partial charge on any atom is -0.381 e. The van der Waals surface area contributed by atoms with Crippen molar-refractivity contribution in [3.05, 3.63) is 21.9 Å². The van der Waals surface area contributed by atoms with Gasteiger partial charge >= 0.3 is 0 Å². The van der Waals surface area contributed by atoms with E-state index in [9.17, 15) is 0 Å². The van der Waals surface area contributed by atoms with E-state index in [4.69, 9.17) is 4.74 Å². The van der Waals surface area contributed by atoms with Crippen LogP contribution in [0.2, 0.25) is 0 Å². The molecule has 1 fully saturated rings. The van der Waals surface area contributed by atoms with Gasteiger partial charge in [-0.2, -0.15) is 0 Å². The maximum Gasteiger partial charge on any atom is 0.193 e. The van der Waals surface area contributed by atoms with Gasteiger partial charge in [-0.3, -0.25) is 4.99 Å². The van der Waals surface area contributed by atoms with Crippen LogP contribution < -0.4 is 5.32 Å². The summed E-state index contributed by atoms with van der Waals surface area (Å²) in [6, 6.07) is 4.44. The van der Waals surface area contributed by atoms with Gasteiger partial charge in [0.15, 0.2) is 5.96 Å². The zero-order chi connectivity index (χ0) is 15.8. The second kappa shape index (κ2) is 9.16. The number of hydrogen-bond donors (Lipinski definition) is 1. The Kier molecular flexibility index (Phi) is 7.19. The fourth-order valence-corrected chi connectivity index (χ4v) is 3.67. The average molecular weight is 324 g/mol. The molecule has 2 rings (SSSR count). The van der Waals surface area contributed by atoms with Gasteiger partial charge in [-0.1, -0.05) is 6.92 Å². The number of guanidine groups is 1. The van der Waals surface area contributed by atoms with Crippen LogP contribution >= 0.6 is 11.3 Å². The van der Waals surface area contributed by atoms with Crippen LogP contribution in [0.15, 0.2) is 17.1 Å². The molecule has 0 radical (unpaired) electrons. The monoisotopic (exact) mass is 323 g/mol. The number of thiophene rings is 1. The smallest absolute Gasteiger partial charge is 0.193 e. The highest BCUT2D eigenvalue weighted by Gasteiger charge is 2.15. The number of rotatable bonds is 6. The number of ether oxygens (including phenoxy) is 1. The lowest BCUT2D eigenvalue weighted by Crippen LogP contribution is -2.39. The second-order valence-electron chi connectivity index (χ2n) is 5.89. The first-order valence-corrected chi connectivity index (χ1v) is 9.11.